The van der Waals surface area contributed by atoms with Crippen LogP contribution in [-0.2, 0) is 65.4 Å². The molecule has 0 rings (SSSR count). The van der Waals surface area contributed by atoms with Crippen LogP contribution >= 0.6 is 15.6 Å². The standard InChI is InChI=1S/C82H160O17P2/c1-7-9-11-13-15-17-19-21-23-24-25-30-33-40-46-52-58-64-79(84)92-70-77(98-82(87)67-61-55-49-43-35-31-27-26-28-32-38-44-50-56-62-74(3)4)72-96-100(88,89)94-68-76(83)69-95-101(90,91)97-73-78(71-93-80(85)65-59-53-47-41-37-36-39-45-51-57-63-75(5)6)99-81(86)66-60-54-48-42-34-29-22-20-18-16-14-12-10-8-2/h74-78,83H,7-73H2,1-6H3,(H,88,89)(H,90,91)/t76-,77-,78-/m1/s1. The lowest BCUT2D eigenvalue weighted by molar-refractivity contribution is -0.161. The number of aliphatic hydroxyl groups excluding tert-OH is 1. The van der Waals surface area contributed by atoms with Crippen LogP contribution in [0.2, 0.25) is 0 Å². The second kappa shape index (κ2) is 73.6. The van der Waals surface area contributed by atoms with Crippen molar-refractivity contribution in [1.82, 2.24) is 0 Å². The van der Waals surface area contributed by atoms with Gasteiger partial charge in [0.1, 0.15) is 19.3 Å². The Bertz CT molecular complexity index is 1940. The molecule has 0 aliphatic carbocycles. The minimum Gasteiger partial charge on any atom is -0.462 e. The molecule has 0 saturated heterocycles. The average molecular weight is 1480 g/mol. The summed E-state index contributed by atoms with van der Waals surface area (Å²) in [5.41, 5.74) is 0. The van der Waals surface area contributed by atoms with E-state index in [1.54, 1.807) is 0 Å². The van der Waals surface area contributed by atoms with Gasteiger partial charge in [-0.05, 0) is 37.5 Å². The van der Waals surface area contributed by atoms with Crippen molar-refractivity contribution in [3.05, 3.63) is 0 Å². The van der Waals surface area contributed by atoms with Crippen LogP contribution in [0.15, 0.2) is 0 Å². The zero-order chi connectivity index (χ0) is 74.2. The van der Waals surface area contributed by atoms with Crippen molar-refractivity contribution in [1.29, 1.82) is 0 Å². The van der Waals surface area contributed by atoms with E-state index < -0.39 is 97.5 Å². The monoisotopic (exact) mass is 1480 g/mol. The van der Waals surface area contributed by atoms with Crippen LogP contribution < -0.4 is 0 Å². The molecule has 0 aromatic carbocycles. The van der Waals surface area contributed by atoms with Crippen molar-refractivity contribution in [2.45, 2.75) is 452 Å². The number of phosphoric ester groups is 2. The second-order valence-corrected chi connectivity index (χ2v) is 33.4. The SMILES string of the molecule is CCCCCCCCCCCCCCCCCCCC(=O)OC[C@H](COP(=O)(O)OC[C@@H](O)COP(=O)(O)OC[C@@H](COC(=O)CCCCCCCCCCCCC(C)C)OC(=O)CCCCCCCCCCCCCCCC)OC(=O)CCCCCCCCCCCCCCCCC(C)C. The van der Waals surface area contributed by atoms with E-state index in [1.807, 2.05) is 0 Å². The Morgan fingerprint density at radius 2 is 0.455 bits per heavy atom. The van der Waals surface area contributed by atoms with E-state index in [9.17, 15) is 43.2 Å². The van der Waals surface area contributed by atoms with Crippen LogP contribution in [-0.4, -0.2) is 96.7 Å². The van der Waals surface area contributed by atoms with E-state index in [4.69, 9.17) is 37.0 Å². The first-order valence-corrected chi connectivity index (χ1v) is 45.5. The van der Waals surface area contributed by atoms with Gasteiger partial charge in [0.15, 0.2) is 12.2 Å². The summed E-state index contributed by atoms with van der Waals surface area (Å²) in [4.78, 5) is 73.1. The van der Waals surface area contributed by atoms with Crippen LogP contribution in [0.3, 0.4) is 0 Å². The van der Waals surface area contributed by atoms with Crippen LogP contribution in [0.1, 0.15) is 433 Å². The Labute approximate surface area is 619 Å². The predicted octanol–water partition coefficient (Wildman–Crippen LogP) is 24.7. The van der Waals surface area contributed by atoms with Gasteiger partial charge in [-0.25, -0.2) is 9.13 Å². The molecule has 0 fully saturated rings. The van der Waals surface area contributed by atoms with Crippen molar-refractivity contribution < 1.29 is 80.2 Å². The Morgan fingerprint density at radius 3 is 0.673 bits per heavy atom. The second-order valence-electron chi connectivity index (χ2n) is 30.5. The van der Waals surface area contributed by atoms with Gasteiger partial charge in [-0.15, -0.1) is 0 Å². The highest BCUT2D eigenvalue weighted by atomic mass is 31.2. The Morgan fingerprint density at radius 1 is 0.267 bits per heavy atom. The summed E-state index contributed by atoms with van der Waals surface area (Å²) < 4.78 is 68.8. The van der Waals surface area contributed by atoms with Crippen molar-refractivity contribution >= 4 is 39.5 Å². The quantitative estimate of drug-likeness (QED) is 0.0222. The van der Waals surface area contributed by atoms with Gasteiger partial charge in [0.2, 0.25) is 0 Å². The third kappa shape index (κ3) is 76.1. The molecule has 0 aromatic heterocycles. The normalized spacial score (nSPS) is 13.9. The van der Waals surface area contributed by atoms with E-state index in [2.05, 4.69) is 41.5 Å². The molecule has 19 heteroatoms. The summed E-state index contributed by atoms with van der Waals surface area (Å²) in [6.07, 6.45) is 63.7. The van der Waals surface area contributed by atoms with Crippen molar-refractivity contribution in [2.75, 3.05) is 39.6 Å². The van der Waals surface area contributed by atoms with Gasteiger partial charge in [-0.1, -0.05) is 382 Å². The number of hydrogen-bond acceptors (Lipinski definition) is 15. The fourth-order valence-electron chi connectivity index (χ4n) is 12.7. The van der Waals surface area contributed by atoms with Gasteiger partial charge in [0.05, 0.1) is 26.4 Å². The summed E-state index contributed by atoms with van der Waals surface area (Å²) in [5, 5.41) is 10.7. The Kier molecular flexibility index (Phi) is 72.2. The van der Waals surface area contributed by atoms with Gasteiger partial charge < -0.3 is 33.8 Å². The van der Waals surface area contributed by atoms with Crippen LogP contribution in [0.5, 0.6) is 0 Å². The smallest absolute Gasteiger partial charge is 0.462 e. The van der Waals surface area contributed by atoms with E-state index in [1.165, 1.54) is 250 Å². The van der Waals surface area contributed by atoms with Gasteiger partial charge in [-0.3, -0.25) is 37.3 Å². The van der Waals surface area contributed by atoms with Gasteiger partial charge >= 0.3 is 39.5 Å². The summed E-state index contributed by atoms with van der Waals surface area (Å²) in [6, 6.07) is 0. The van der Waals surface area contributed by atoms with Gasteiger partial charge in [-0.2, -0.15) is 0 Å². The summed E-state index contributed by atoms with van der Waals surface area (Å²) in [7, 11) is -9.92. The Hall–Kier alpha value is -1.94. The first-order chi connectivity index (χ1) is 48.9. The molecule has 5 atom stereocenters. The third-order valence-electron chi connectivity index (χ3n) is 19.2. The summed E-state index contributed by atoms with van der Waals surface area (Å²) in [6.45, 7) is 9.67. The Balaban J connectivity index is 5.27. The number of hydrogen-bond donors (Lipinski definition) is 3. The number of esters is 4. The molecule has 3 N–H and O–H groups in total. The number of ether oxygens (including phenoxy) is 4. The molecule has 0 aromatic rings. The lowest BCUT2D eigenvalue weighted by Gasteiger charge is -2.21. The molecule has 0 heterocycles. The van der Waals surface area contributed by atoms with Crippen molar-refractivity contribution in [3.8, 4) is 0 Å². The van der Waals surface area contributed by atoms with E-state index in [0.717, 1.165) is 102 Å². The highest BCUT2D eigenvalue weighted by molar-refractivity contribution is 7.47. The fraction of sp³-hybridized carbons (Fsp3) is 0.951. The highest BCUT2D eigenvalue weighted by Crippen LogP contribution is 2.45. The molecular formula is C82H160O17P2. The molecule has 0 aliphatic rings. The molecule has 0 amide bonds. The molecule has 101 heavy (non-hydrogen) atoms. The minimum absolute atomic E-state index is 0.108. The number of rotatable bonds is 81. The van der Waals surface area contributed by atoms with E-state index in [-0.39, 0.29) is 25.7 Å². The lowest BCUT2D eigenvalue weighted by Crippen LogP contribution is -2.30. The minimum atomic E-state index is -4.96. The molecule has 0 radical (unpaired) electrons. The average Bonchev–Trinajstić information content (AvgIpc) is 0.940. The predicted molar refractivity (Wildman–Crippen MR) is 414 cm³/mol. The molecule has 17 nitrogen and oxygen atoms in total. The number of aliphatic hydroxyl groups is 1. The maximum atomic E-state index is 13.1. The molecular weight excluding hydrogens is 1320 g/mol. The van der Waals surface area contributed by atoms with Crippen LogP contribution in [0.25, 0.3) is 0 Å². The molecule has 0 bridgehead atoms. The number of carbonyl (C=O) groups excluding carboxylic acids is 4. The fourth-order valence-corrected chi connectivity index (χ4v) is 14.3. The molecule has 600 valence electrons. The molecule has 0 aliphatic heterocycles. The van der Waals surface area contributed by atoms with Gasteiger partial charge in [0.25, 0.3) is 0 Å². The number of unbranched alkanes of at least 4 members (excludes halogenated alkanes) is 51. The maximum absolute atomic E-state index is 13.1. The summed E-state index contributed by atoms with van der Waals surface area (Å²) >= 11 is 0. The van der Waals surface area contributed by atoms with E-state index in [0.29, 0.717) is 25.7 Å². The molecule has 0 saturated carbocycles. The third-order valence-corrected chi connectivity index (χ3v) is 21.1. The van der Waals surface area contributed by atoms with Crippen molar-refractivity contribution in [3.63, 3.8) is 0 Å². The maximum Gasteiger partial charge on any atom is 0.472 e. The topological polar surface area (TPSA) is 237 Å². The van der Waals surface area contributed by atoms with Crippen molar-refractivity contribution in [2.24, 2.45) is 11.8 Å². The zero-order valence-electron chi connectivity index (χ0n) is 66.2. The number of carbonyl (C=O) groups is 4. The first-order valence-electron chi connectivity index (χ1n) is 42.5. The van der Waals surface area contributed by atoms with Gasteiger partial charge in [0, 0.05) is 25.7 Å². The number of phosphoric acid groups is 2. The summed E-state index contributed by atoms with van der Waals surface area (Å²) in [5.74, 6) is -0.551. The lowest BCUT2D eigenvalue weighted by atomic mass is 10.0. The van der Waals surface area contributed by atoms with E-state index >= 15 is 0 Å². The molecule has 2 unspecified atom stereocenters. The largest absolute Gasteiger partial charge is 0.472 e. The van der Waals surface area contributed by atoms with Crippen LogP contribution in [0.4, 0.5) is 0 Å². The zero-order valence-corrected chi connectivity index (χ0v) is 68.0. The molecule has 0 spiro atoms. The van der Waals surface area contributed by atoms with Crippen LogP contribution in [0, 0.1) is 11.8 Å². The first kappa shape index (κ1) is 99.1. The highest BCUT2D eigenvalue weighted by Gasteiger charge is 2.30.